The van der Waals surface area contributed by atoms with Crippen molar-refractivity contribution in [2.45, 2.75) is 50.9 Å². The standard InChI is InChI=1S/C11H19NO7.2Li/c1-10(2,3)19-7(13)5-4-6(12)11(18,8(14)15)9(16)17;;/h6,18H,4-5,12H2,1-3H3,(H,14,15)(H,16,17);;/q;2*+1/p-2. The number of esters is 1. The van der Waals surface area contributed by atoms with Crippen molar-refractivity contribution >= 4 is 17.9 Å². The first-order chi connectivity index (χ1) is 8.41. The van der Waals surface area contributed by atoms with E-state index in [9.17, 15) is 29.7 Å². The Morgan fingerprint density at radius 3 is 1.81 bits per heavy atom. The van der Waals surface area contributed by atoms with Crippen LogP contribution in [-0.2, 0) is 19.1 Å². The van der Waals surface area contributed by atoms with Gasteiger partial charge in [-0.15, -0.1) is 0 Å². The van der Waals surface area contributed by atoms with Crippen LogP contribution in [0.15, 0.2) is 0 Å². The van der Waals surface area contributed by atoms with E-state index < -0.39 is 41.6 Å². The van der Waals surface area contributed by atoms with Crippen LogP contribution < -0.4 is 53.7 Å². The topological polar surface area (TPSA) is 153 Å². The third kappa shape index (κ3) is 7.91. The summed E-state index contributed by atoms with van der Waals surface area (Å²) in [7, 11) is 0. The van der Waals surface area contributed by atoms with Gasteiger partial charge in [-0.1, -0.05) is 0 Å². The Morgan fingerprint density at radius 2 is 1.52 bits per heavy atom. The van der Waals surface area contributed by atoms with Gasteiger partial charge in [-0.25, -0.2) is 0 Å². The second-order valence-electron chi connectivity index (χ2n) is 5.07. The summed E-state index contributed by atoms with van der Waals surface area (Å²) < 4.78 is 4.92. The first kappa shape index (κ1) is 25.5. The SMILES string of the molecule is CC(C)(C)OC(=O)CCC(N)C(O)(C(=O)[O-])C(=O)[O-].[Li+].[Li+]. The van der Waals surface area contributed by atoms with E-state index in [1.54, 1.807) is 20.8 Å². The fourth-order valence-corrected chi connectivity index (χ4v) is 1.26. The van der Waals surface area contributed by atoms with Crippen LogP contribution in [0, 0.1) is 0 Å². The van der Waals surface area contributed by atoms with Crippen molar-refractivity contribution in [3.63, 3.8) is 0 Å². The summed E-state index contributed by atoms with van der Waals surface area (Å²) in [4.78, 5) is 32.5. The van der Waals surface area contributed by atoms with Gasteiger partial charge in [-0.3, -0.25) is 4.79 Å². The Hall–Kier alpha value is -0.475. The number of hydrogen-bond acceptors (Lipinski definition) is 8. The smallest absolute Gasteiger partial charge is 0.547 e. The summed E-state index contributed by atoms with van der Waals surface area (Å²) in [6, 6.07) is -1.75. The molecular weight excluding hydrogens is 272 g/mol. The van der Waals surface area contributed by atoms with Crippen molar-refractivity contribution < 1.29 is 72.2 Å². The van der Waals surface area contributed by atoms with Crippen LogP contribution in [0.5, 0.6) is 0 Å². The molecule has 0 heterocycles. The van der Waals surface area contributed by atoms with E-state index in [1.165, 1.54) is 0 Å². The molecule has 0 saturated carbocycles. The predicted octanol–water partition coefficient (Wildman–Crippen LogP) is -9.33. The maximum Gasteiger partial charge on any atom is 1.00 e. The Balaban J connectivity index is -0.00000162. The Kier molecular flexibility index (Phi) is 11.6. The minimum Gasteiger partial charge on any atom is -0.547 e. The molecule has 0 saturated heterocycles. The third-order valence-electron chi connectivity index (χ3n) is 2.24. The zero-order chi connectivity index (χ0) is 15.4. The van der Waals surface area contributed by atoms with Crippen molar-refractivity contribution in [2.75, 3.05) is 0 Å². The van der Waals surface area contributed by atoms with Crippen molar-refractivity contribution in [1.29, 1.82) is 0 Å². The van der Waals surface area contributed by atoms with Gasteiger partial charge in [-0.05, 0) is 27.2 Å². The number of ether oxygens (including phenoxy) is 1. The fraction of sp³-hybridized carbons (Fsp3) is 0.727. The maximum atomic E-state index is 11.3. The Bertz CT molecular complexity index is 367. The Labute approximate surface area is 146 Å². The average molecular weight is 289 g/mol. The molecule has 0 aliphatic rings. The molecule has 0 amide bonds. The summed E-state index contributed by atoms with van der Waals surface area (Å²) in [5.41, 5.74) is 1.19. The number of aliphatic carboxylic acids is 2. The minimum atomic E-state index is -3.35. The van der Waals surface area contributed by atoms with Gasteiger partial charge in [0.25, 0.3) is 0 Å². The average Bonchev–Trinajstić information content (AvgIpc) is 2.21. The molecular formula is C11H17Li2NO7. The first-order valence-electron chi connectivity index (χ1n) is 5.54. The molecule has 1 atom stereocenters. The van der Waals surface area contributed by atoms with Crippen LogP contribution in [-0.4, -0.2) is 40.3 Å². The van der Waals surface area contributed by atoms with Gasteiger partial charge in [0, 0.05) is 12.5 Å². The van der Waals surface area contributed by atoms with Crippen LogP contribution in [0.4, 0.5) is 0 Å². The molecule has 21 heavy (non-hydrogen) atoms. The van der Waals surface area contributed by atoms with Crippen molar-refractivity contribution in [3.05, 3.63) is 0 Å². The molecule has 0 aliphatic carbocycles. The Morgan fingerprint density at radius 1 is 1.14 bits per heavy atom. The predicted molar refractivity (Wildman–Crippen MR) is 58.0 cm³/mol. The summed E-state index contributed by atoms with van der Waals surface area (Å²) in [6.45, 7) is 4.89. The van der Waals surface area contributed by atoms with Crippen LogP contribution in [0.1, 0.15) is 33.6 Å². The molecule has 0 aromatic carbocycles. The molecule has 0 fully saturated rings. The van der Waals surface area contributed by atoms with Gasteiger partial charge >= 0.3 is 43.7 Å². The van der Waals surface area contributed by atoms with Crippen LogP contribution in [0.2, 0.25) is 0 Å². The molecule has 110 valence electrons. The number of carboxylic acids is 2. The van der Waals surface area contributed by atoms with Crippen LogP contribution >= 0.6 is 0 Å². The molecule has 3 N–H and O–H groups in total. The van der Waals surface area contributed by atoms with Gasteiger partial charge in [-0.2, -0.15) is 0 Å². The number of rotatable bonds is 6. The first-order valence-corrected chi connectivity index (χ1v) is 5.54. The molecule has 0 radical (unpaired) electrons. The van der Waals surface area contributed by atoms with E-state index in [2.05, 4.69) is 0 Å². The van der Waals surface area contributed by atoms with Gasteiger partial charge in [0.05, 0.1) is 11.9 Å². The molecule has 0 bridgehead atoms. The maximum absolute atomic E-state index is 11.3. The zero-order valence-electron chi connectivity index (χ0n) is 13.0. The second kappa shape index (κ2) is 9.52. The normalized spacial score (nSPS) is 12.4. The van der Waals surface area contributed by atoms with Gasteiger partial charge < -0.3 is 35.4 Å². The quantitative estimate of drug-likeness (QED) is 0.277. The van der Waals surface area contributed by atoms with E-state index in [4.69, 9.17) is 10.5 Å². The number of carbonyl (C=O) groups excluding carboxylic acids is 3. The molecule has 0 rings (SSSR count). The van der Waals surface area contributed by atoms with E-state index in [0.29, 0.717) is 0 Å². The monoisotopic (exact) mass is 289 g/mol. The summed E-state index contributed by atoms with van der Waals surface area (Å²) in [6.07, 6.45) is -0.755. The van der Waals surface area contributed by atoms with E-state index in [0.717, 1.165) is 0 Å². The van der Waals surface area contributed by atoms with Crippen molar-refractivity contribution in [2.24, 2.45) is 5.73 Å². The number of nitrogens with two attached hydrogens (primary N) is 1. The number of carboxylic acid groups (broad SMARTS) is 2. The molecule has 0 aromatic heterocycles. The number of aliphatic hydroxyl groups is 1. The molecule has 0 aliphatic heterocycles. The minimum absolute atomic E-state index is 0. The zero-order valence-corrected chi connectivity index (χ0v) is 13.0. The van der Waals surface area contributed by atoms with Crippen LogP contribution in [0.3, 0.4) is 0 Å². The summed E-state index contributed by atoms with van der Waals surface area (Å²) in [5.74, 6) is -5.27. The van der Waals surface area contributed by atoms with Gasteiger partial charge in [0.1, 0.15) is 5.60 Å². The number of carbonyl (C=O) groups is 3. The van der Waals surface area contributed by atoms with E-state index >= 15 is 0 Å². The van der Waals surface area contributed by atoms with Gasteiger partial charge in [0.15, 0.2) is 5.60 Å². The summed E-state index contributed by atoms with van der Waals surface area (Å²) in [5, 5.41) is 30.6. The van der Waals surface area contributed by atoms with Crippen molar-refractivity contribution in [1.82, 2.24) is 0 Å². The van der Waals surface area contributed by atoms with Crippen molar-refractivity contribution in [3.8, 4) is 0 Å². The molecule has 0 aromatic rings. The summed E-state index contributed by atoms with van der Waals surface area (Å²) >= 11 is 0. The van der Waals surface area contributed by atoms with E-state index in [-0.39, 0.29) is 44.1 Å². The molecule has 0 spiro atoms. The van der Waals surface area contributed by atoms with Gasteiger partial charge in [0.2, 0.25) is 0 Å². The third-order valence-corrected chi connectivity index (χ3v) is 2.24. The molecule has 8 nitrogen and oxygen atoms in total. The van der Waals surface area contributed by atoms with Crippen LogP contribution in [0.25, 0.3) is 0 Å². The van der Waals surface area contributed by atoms with E-state index in [1.807, 2.05) is 0 Å². The molecule has 10 heteroatoms. The number of hydrogen-bond donors (Lipinski definition) is 2. The molecule has 1 unspecified atom stereocenters. The largest absolute Gasteiger partial charge is 1.00 e. The second-order valence-corrected chi connectivity index (χ2v) is 5.07. The fourth-order valence-electron chi connectivity index (χ4n) is 1.26.